The van der Waals surface area contributed by atoms with Crippen molar-refractivity contribution in [3.8, 4) is 5.75 Å². The fourth-order valence-corrected chi connectivity index (χ4v) is 9.18. The van der Waals surface area contributed by atoms with Gasteiger partial charge in [-0.25, -0.2) is 4.90 Å². The van der Waals surface area contributed by atoms with Crippen LogP contribution < -0.4 is 19.8 Å². The first-order valence-electron chi connectivity index (χ1n) is 15.3. The summed E-state index contributed by atoms with van der Waals surface area (Å²) in [5.41, 5.74) is 3.00. The average Bonchev–Trinajstić information content (AvgIpc) is 3.50. The zero-order valence-corrected chi connectivity index (χ0v) is 28.0. The SMILES string of the molecule is COc1ccc(N2C(=O)C3Sc4c(sc(=O)n4CC(=O)Nc4ccc5ccccc5c4)[C@H](c4ccc(C(C)(C)C)cc4)C3C2=O)cc1. The first-order chi connectivity index (χ1) is 22.5. The normalized spacial score (nSPS) is 19.1. The number of fused-ring (bicyclic) bond motifs is 3. The predicted octanol–water partition coefficient (Wildman–Crippen LogP) is 6.80. The lowest BCUT2D eigenvalue weighted by Gasteiger charge is -2.31. The Balaban J connectivity index is 1.26. The number of anilines is 2. The van der Waals surface area contributed by atoms with Gasteiger partial charge in [-0.1, -0.05) is 98.5 Å². The molecule has 10 heteroatoms. The number of methoxy groups -OCH3 is 1. The van der Waals surface area contributed by atoms with Crippen LogP contribution in [0.1, 0.15) is 42.7 Å². The smallest absolute Gasteiger partial charge is 0.308 e. The zero-order chi connectivity index (χ0) is 33.0. The molecule has 47 heavy (non-hydrogen) atoms. The van der Waals surface area contributed by atoms with Crippen molar-refractivity contribution in [2.75, 3.05) is 17.3 Å². The van der Waals surface area contributed by atoms with Gasteiger partial charge in [-0.3, -0.25) is 23.7 Å². The second-order valence-corrected chi connectivity index (χ2v) is 15.0. The summed E-state index contributed by atoms with van der Waals surface area (Å²) in [6.07, 6.45) is 0. The number of nitrogens with one attached hydrogen (secondary N) is 1. The lowest BCUT2D eigenvalue weighted by Crippen LogP contribution is -2.33. The van der Waals surface area contributed by atoms with Gasteiger partial charge in [-0.2, -0.15) is 0 Å². The van der Waals surface area contributed by atoms with Crippen molar-refractivity contribution in [1.82, 2.24) is 4.57 Å². The third-order valence-corrected chi connectivity index (χ3v) is 11.5. The van der Waals surface area contributed by atoms with Gasteiger partial charge in [-0.15, -0.1) is 0 Å². The summed E-state index contributed by atoms with van der Waals surface area (Å²) in [5, 5.41) is 4.76. The quantitative estimate of drug-likeness (QED) is 0.201. The number of thiazole rings is 1. The Bertz CT molecular complexity index is 2090. The Hall–Kier alpha value is -4.67. The van der Waals surface area contributed by atoms with Crippen LogP contribution in [0.3, 0.4) is 0 Å². The summed E-state index contributed by atoms with van der Waals surface area (Å²) in [7, 11) is 1.56. The molecule has 2 aliphatic rings. The van der Waals surface area contributed by atoms with Crippen molar-refractivity contribution in [3.63, 3.8) is 0 Å². The highest BCUT2D eigenvalue weighted by Gasteiger charge is 2.56. The number of nitrogens with zero attached hydrogens (tertiary/aromatic N) is 2. The Morgan fingerprint density at radius 2 is 1.57 bits per heavy atom. The predicted molar refractivity (Wildman–Crippen MR) is 187 cm³/mol. The number of imide groups is 1. The number of rotatable bonds is 6. The van der Waals surface area contributed by atoms with Crippen molar-refractivity contribution in [2.45, 2.75) is 48.9 Å². The third-order valence-electron chi connectivity index (χ3n) is 8.85. The minimum atomic E-state index is -0.770. The van der Waals surface area contributed by atoms with Crippen LogP contribution in [0, 0.1) is 5.92 Å². The molecule has 0 aliphatic carbocycles. The van der Waals surface area contributed by atoms with Gasteiger partial charge in [0.2, 0.25) is 17.7 Å². The molecule has 1 fully saturated rings. The van der Waals surface area contributed by atoms with Gasteiger partial charge < -0.3 is 10.1 Å². The van der Waals surface area contributed by atoms with E-state index in [1.54, 1.807) is 31.4 Å². The molecule has 4 aromatic carbocycles. The van der Waals surface area contributed by atoms with Crippen LogP contribution in [0.4, 0.5) is 11.4 Å². The van der Waals surface area contributed by atoms with E-state index in [-0.39, 0.29) is 34.6 Å². The Kier molecular flexibility index (Phi) is 7.80. The average molecular weight is 664 g/mol. The maximum absolute atomic E-state index is 14.2. The molecule has 0 spiro atoms. The summed E-state index contributed by atoms with van der Waals surface area (Å²) < 4.78 is 6.72. The van der Waals surface area contributed by atoms with Crippen molar-refractivity contribution in [1.29, 1.82) is 0 Å². The highest BCUT2D eigenvalue weighted by atomic mass is 32.2. The number of ether oxygens (including phenoxy) is 1. The molecule has 2 aliphatic heterocycles. The van der Waals surface area contributed by atoms with Gasteiger partial charge in [-0.05, 0) is 63.7 Å². The van der Waals surface area contributed by atoms with E-state index in [1.807, 2.05) is 66.7 Å². The summed E-state index contributed by atoms with van der Waals surface area (Å²) in [5.74, 6) is -1.65. The lowest BCUT2D eigenvalue weighted by atomic mass is 9.81. The molecule has 0 saturated carbocycles. The molecule has 3 atom stereocenters. The number of hydrogen-bond donors (Lipinski definition) is 1. The molecule has 7 rings (SSSR count). The molecule has 0 radical (unpaired) electrons. The molecule has 1 saturated heterocycles. The van der Waals surface area contributed by atoms with Crippen molar-refractivity contribution in [3.05, 3.63) is 117 Å². The van der Waals surface area contributed by atoms with Gasteiger partial charge in [0.1, 0.15) is 17.5 Å². The van der Waals surface area contributed by atoms with Gasteiger partial charge in [0.15, 0.2) is 0 Å². The second-order valence-electron chi connectivity index (χ2n) is 12.9. The molecule has 2 unspecified atom stereocenters. The van der Waals surface area contributed by atoms with Crippen LogP contribution in [0.5, 0.6) is 5.75 Å². The van der Waals surface area contributed by atoms with E-state index in [0.29, 0.717) is 27.0 Å². The van der Waals surface area contributed by atoms with Crippen molar-refractivity contribution in [2.24, 2.45) is 5.92 Å². The molecule has 1 aromatic heterocycles. The van der Waals surface area contributed by atoms with Crippen LogP contribution in [-0.4, -0.2) is 34.6 Å². The van der Waals surface area contributed by atoms with E-state index in [2.05, 4.69) is 26.1 Å². The number of carbonyl (C=O) groups excluding carboxylic acids is 3. The van der Waals surface area contributed by atoms with E-state index in [0.717, 1.165) is 33.2 Å². The molecule has 1 N–H and O–H groups in total. The maximum Gasteiger partial charge on any atom is 0.308 e. The standard InChI is InChI=1S/C37H33N3O5S2/c1-37(2,3)24-12-9-22(10-13-24)29-30-31(34(43)40(33(30)42)26-15-17-27(45-4)18-16-26)46-35-32(29)47-36(44)39(35)20-28(41)38-25-14-11-21-7-5-6-8-23(21)19-25/h5-19,29-31H,20H2,1-4H3,(H,38,41)/t29-,30?,31?/m1/s1. The van der Waals surface area contributed by atoms with E-state index >= 15 is 0 Å². The second kappa shape index (κ2) is 11.8. The van der Waals surface area contributed by atoms with Crippen molar-refractivity contribution < 1.29 is 19.1 Å². The molecular formula is C37H33N3O5S2. The molecular weight excluding hydrogens is 631 g/mol. The molecule has 3 amide bonds. The van der Waals surface area contributed by atoms with Gasteiger partial charge in [0.25, 0.3) is 0 Å². The maximum atomic E-state index is 14.2. The highest BCUT2D eigenvalue weighted by molar-refractivity contribution is 8.00. The first-order valence-corrected chi connectivity index (χ1v) is 17.0. The Morgan fingerprint density at radius 3 is 2.26 bits per heavy atom. The summed E-state index contributed by atoms with van der Waals surface area (Å²) in [6.45, 7) is 6.18. The summed E-state index contributed by atoms with van der Waals surface area (Å²) in [4.78, 5) is 56.8. The Morgan fingerprint density at radius 1 is 0.872 bits per heavy atom. The fourth-order valence-electron chi connectivity index (χ4n) is 6.40. The van der Waals surface area contributed by atoms with E-state index in [4.69, 9.17) is 4.74 Å². The number of aromatic nitrogens is 1. The number of benzene rings is 4. The van der Waals surface area contributed by atoms with Gasteiger partial charge in [0, 0.05) is 16.5 Å². The van der Waals surface area contributed by atoms with Crippen LogP contribution in [0.25, 0.3) is 10.8 Å². The molecule has 3 heterocycles. The molecule has 0 bridgehead atoms. The minimum absolute atomic E-state index is 0.0779. The lowest BCUT2D eigenvalue weighted by molar-refractivity contribution is -0.122. The fraction of sp³-hybridized carbons (Fsp3) is 0.243. The topological polar surface area (TPSA) is 97.7 Å². The number of hydrogen-bond acceptors (Lipinski definition) is 7. The summed E-state index contributed by atoms with van der Waals surface area (Å²) in [6, 6.07) is 28.5. The molecule has 238 valence electrons. The van der Waals surface area contributed by atoms with Gasteiger partial charge >= 0.3 is 4.87 Å². The number of carbonyl (C=O) groups is 3. The zero-order valence-electron chi connectivity index (χ0n) is 26.4. The highest BCUT2D eigenvalue weighted by Crippen LogP contribution is 2.54. The monoisotopic (exact) mass is 663 g/mol. The number of thioether (sulfide) groups is 1. The first kappa shape index (κ1) is 31.0. The summed E-state index contributed by atoms with van der Waals surface area (Å²) >= 11 is 2.25. The van der Waals surface area contributed by atoms with Crippen LogP contribution >= 0.6 is 23.1 Å². The van der Waals surface area contributed by atoms with Gasteiger partial charge in [0.05, 0.1) is 23.7 Å². The third kappa shape index (κ3) is 5.55. The largest absolute Gasteiger partial charge is 0.497 e. The molecule has 8 nitrogen and oxygen atoms in total. The van der Waals surface area contributed by atoms with Crippen molar-refractivity contribution >= 4 is 63.0 Å². The van der Waals surface area contributed by atoms with Crippen LogP contribution in [0.15, 0.2) is 101 Å². The van der Waals surface area contributed by atoms with E-state index < -0.39 is 17.1 Å². The number of amides is 3. The molecule has 5 aromatic rings. The van der Waals surface area contributed by atoms with E-state index in [1.165, 1.54) is 21.2 Å². The van der Waals surface area contributed by atoms with Crippen LogP contribution in [0.2, 0.25) is 0 Å². The Labute approximate surface area is 280 Å². The van der Waals surface area contributed by atoms with Crippen LogP contribution in [-0.2, 0) is 26.3 Å². The minimum Gasteiger partial charge on any atom is -0.497 e. The van der Waals surface area contributed by atoms with E-state index in [9.17, 15) is 19.2 Å².